The molecule has 25 heavy (non-hydrogen) atoms. The van der Waals surface area contributed by atoms with Crippen molar-refractivity contribution in [3.8, 4) is 0 Å². The maximum absolute atomic E-state index is 12.4. The monoisotopic (exact) mass is 341 g/mol. The first-order valence-corrected chi connectivity index (χ1v) is 8.79. The van der Waals surface area contributed by atoms with Gasteiger partial charge in [-0.25, -0.2) is 14.5 Å². The van der Waals surface area contributed by atoms with E-state index in [1.54, 1.807) is 0 Å². The van der Waals surface area contributed by atoms with E-state index < -0.39 is 0 Å². The number of urea groups is 1. The number of carbonyl (C=O) groups is 1. The zero-order valence-corrected chi connectivity index (χ0v) is 15.6. The lowest BCUT2D eigenvalue weighted by Crippen LogP contribution is -2.39. The van der Waals surface area contributed by atoms with Gasteiger partial charge in [0.2, 0.25) is 0 Å². The minimum Gasteiger partial charge on any atom is -0.331 e. The molecule has 0 saturated heterocycles. The van der Waals surface area contributed by atoms with Gasteiger partial charge in [-0.05, 0) is 51.2 Å². The minimum atomic E-state index is -0.172. The summed E-state index contributed by atoms with van der Waals surface area (Å²) in [5.41, 5.74) is 3.62. The Balaban J connectivity index is 1.65. The van der Waals surface area contributed by atoms with Crippen LogP contribution in [0.4, 0.5) is 4.79 Å². The summed E-state index contributed by atoms with van der Waals surface area (Å²) in [6, 6.07) is 6.37. The second-order valence-corrected chi connectivity index (χ2v) is 7.95. The molecule has 1 aliphatic rings. The van der Waals surface area contributed by atoms with E-state index >= 15 is 0 Å². The SMILES string of the molecule is Cc1ccc2c(c1)[C@@H](NC(=O)NCc1ncnn1C(C)(C)C)[C@@H](C)C2. The van der Waals surface area contributed by atoms with E-state index in [0.29, 0.717) is 12.5 Å². The number of hydrogen-bond donors (Lipinski definition) is 2. The molecule has 0 spiro atoms. The Kier molecular flexibility index (Phi) is 4.54. The topological polar surface area (TPSA) is 71.8 Å². The van der Waals surface area contributed by atoms with Gasteiger partial charge in [-0.3, -0.25) is 0 Å². The molecule has 0 radical (unpaired) electrons. The largest absolute Gasteiger partial charge is 0.331 e. The molecule has 1 aromatic carbocycles. The van der Waals surface area contributed by atoms with Crippen LogP contribution in [-0.2, 0) is 18.5 Å². The Bertz CT molecular complexity index is 774. The Labute approximate surface area is 149 Å². The number of rotatable bonds is 3. The fourth-order valence-electron chi connectivity index (χ4n) is 3.48. The molecule has 2 amide bonds. The van der Waals surface area contributed by atoms with E-state index in [1.165, 1.54) is 23.0 Å². The summed E-state index contributed by atoms with van der Waals surface area (Å²) in [6.45, 7) is 10.8. The zero-order chi connectivity index (χ0) is 18.2. The molecule has 1 heterocycles. The van der Waals surface area contributed by atoms with Gasteiger partial charge in [0.1, 0.15) is 12.2 Å². The summed E-state index contributed by atoms with van der Waals surface area (Å²) in [5, 5.41) is 10.3. The highest BCUT2D eigenvalue weighted by atomic mass is 16.2. The normalized spacial score (nSPS) is 19.6. The van der Waals surface area contributed by atoms with Crippen molar-refractivity contribution in [1.29, 1.82) is 0 Å². The summed E-state index contributed by atoms with van der Waals surface area (Å²) in [4.78, 5) is 16.7. The van der Waals surface area contributed by atoms with E-state index in [0.717, 1.165) is 12.2 Å². The summed E-state index contributed by atoms with van der Waals surface area (Å²) >= 11 is 0. The van der Waals surface area contributed by atoms with Crippen LogP contribution in [0.2, 0.25) is 0 Å². The van der Waals surface area contributed by atoms with E-state index in [-0.39, 0.29) is 17.6 Å². The number of nitrogens with zero attached hydrogens (tertiary/aromatic N) is 3. The molecule has 2 aromatic rings. The molecular formula is C19H27N5O. The third kappa shape index (κ3) is 3.67. The molecule has 134 valence electrons. The number of benzene rings is 1. The maximum Gasteiger partial charge on any atom is 0.315 e. The van der Waals surface area contributed by atoms with Gasteiger partial charge in [0.05, 0.1) is 18.1 Å². The average molecular weight is 341 g/mol. The number of carbonyl (C=O) groups excluding carboxylic acids is 1. The first kappa shape index (κ1) is 17.5. The molecule has 2 N–H and O–H groups in total. The van der Waals surface area contributed by atoms with Crippen molar-refractivity contribution in [2.24, 2.45) is 5.92 Å². The summed E-state index contributed by atoms with van der Waals surface area (Å²) in [5.74, 6) is 1.14. The second kappa shape index (κ2) is 6.50. The van der Waals surface area contributed by atoms with Crippen molar-refractivity contribution in [2.75, 3.05) is 0 Å². The van der Waals surface area contributed by atoms with Crippen molar-refractivity contribution < 1.29 is 4.79 Å². The number of aryl methyl sites for hydroxylation is 1. The Morgan fingerprint density at radius 2 is 2.12 bits per heavy atom. The number of aromatic nitrogens is 3. The summed E-state index contributed by atoms with van der Waals surface area (Å²) < 4.78 is 1.84. The fourth-order valence-corrected chi connectivity index (χ4v) is 3.48. The van der Waals surface area contributed by atoms with Crippen molar-refractivity contribution in [1.82, 2.24) is 25.4 Å². The molecule has 0 saturated carbocycles. The average Bonchev–Trinajstić information content (AvgIpc) is 3.11. The minimum absolute atomic E-state index is 0.0513. The van der Waals surface area contributed by atoms with Gasteiger partial charge in [0, 0.05) is 0 Å². The van der Waals surface area contributed by atoms with Gasteiger partial charge in [-0.1, -0.05) is 30.7 Å². The standard InChI is InChI=1S/C19H27N5O/c1-12-6-7-14-9-13(2)17(15(14)8-12)23-18(25)20-10-16-21-11-22-24(16)19(3,4)5/h6-8,11,13,17H,9-10H2,1-5H3,(H2,20,23,25)/t13-,17-/m0/s1. The number of hydrogen-bond acceptors (Lipinski definition) is 3. The molecule has 1 aliphatic carbocycles. The molecule has 6 nitrogen and oxygen atoms in total. The maximum atomic E-state index is 12.4. The first-order chi connectivity index (χ1) is 11.8. The number of amides is 2. The van der Waals surface area contributed by atoms with Crippen molar-refractivity contribution in [3.05, 3.63) is 47.0 Å². The van der Waals surface area contributed by atoms with Crippen LogP contribution in [-0.4, -0.2) is 20.8 Å². The van der Waals surface area contributed by atoms with E-state index in [1.807, 2.05) is 4.68 Å². The highest BCUT2D eigenvalue weighted by Crippen LogP contribution is 2.36. The summed E-state index contributed by atoms with van der Waals surface area (Å²) in [7, 11) is 0. The van der Waals surface area contributed by atoms with Crippen LogP contribution >= 0.6 is 0 Å². The molecular weight excluding hydrogens is 314 g/mol. The molecule has 0 bridgehead atoms. The van der Waals surface area contributed by atoms with Gasteiger partial charge in [0.15, 0.2) is 0 Å². The third-order valence-electron chi connectivity index (χ3n) is 4.69. The fraction of sp³-hybridized carbons (Fsp3) is 0.526. The molecule has 0 unspecified atom stereocenters. The van der Waals surface area contributed by atoms with Crippen molar-refractivity contribution in [2.45, 2.75) is 59.2 Å². The third-order valence-corrected chi connectivity index (χ3v) is 4.69. The molecule has 3 rings (SSSR count). The van der Waals surface area contributed by atoms with Gasteiger partial charge in [0.25, 0.3) is 0 Å². The predicted molar refractivity (Wildman–Crippen MR) is 97.2 cm³/mol. The summed E-state index contributed by atoms with van der Waals surface area (Å²) in [6.07, 6.45) is 2.52. The van der Waals surface area contributed by atoms with Gasteiger partial charge >= 0.3 is 6.03 Å². The highest BCUT2D eigenvalue weighted by Gasteiger charge is 2.30. The van der Waals surface area contributed by atoms with Crippen LogP contribution in [0.5, 0.6) is 0 Å². The van der Waals surface area contributed by atoms with Crippen molar-refractivity contribution in [3.63, 3.8) is 0 Å². The quantitative estimate of drug-likeness (QED) is 0.901. The predicted octanol–water partition coefficient (Wildman–Crippen LogP) is 3.07. The lowest BCUT2D eigenvalue weighted by Gasteiger charge is -2.22. The van der Waals surface area contributed by atoms with Crippen LogP contribution in [0.25, 0.3) is 0 Å². The smallest absolute Gasteiger partial charge is 0.315 e. The molecule has 2 atom stereocenters. The number of fused-ring (bicyclic) bond motifs is 1. The lowest BCUT2D eigenvalue weighted by molar-refractivity contribution is 0.232. The Morgan fingerprint density at radius 3 is 2.84 bits per heavy atom. The first-order valence-electron chi connectivity index (χ1n) is 8.79. The number of nitrogens with one attached hydrogen (secondary N) is 2. The molecule has 6 heteroatoms. The lowest BCUT2D eigenvalue weighted by atomic mass is 10.0. The van der Waals surface area contributed by atoms with Crippen LogP contribution < -0.4 is 10.6 Å². The van der Waals surface area contributed by atoms with Crippen LogP contribution in [0, 0.1) is 12.8 Å². The zero-order valence-electron chi connectivity index (χ0n) is 15.6. The van der Waals surface area contributed by atoms with E-state index in [2.05, 4.69) is 73.5 Å². The van der Waals surface area contributed by atoms with E-state index in [4.69, 9.17) is 0 Å². The Morgan fingerprint density at radius 1 is 1.36 bits per heavy atom. The van der Waals surface area contributed by atoms with Crippen LogP contribution in [0.15, 0.2) is 24.5 Å². The van der Waals surface area contributed by atoms with Gasteiger partial charge < -0.3 is 10.6 Å². The molecule has 0 aliphatic heterocycles. The van der Waals surface area contributed by atoms with E-state index in [9.17, 15) is 4.79 Å². The van der Waals surface area contributed by atoms with Crippen molar-refractivity contribution >= 4 is 6.03 Å². The molecule has 1 aromatic heterocycles. The molecule has 0 fully saturated rings. The van der Waals surface area contributed by atoms with Gasteiger partial charge in [-0.2, -0.15) is 5.10 Å². The highest BCUT2D eigenvalue weighted by molar-refractivity contribution is 5.74. The second-order valence-electron chi connectivity index (χ2n) is 7.95. The van der Waals surface area contributed by atoms with Crippen LogP contribution in [0.3, 0.4) is 0 Å². The van der Waals surface area contributed by atoms with Crippen LogP contribution in [0.1, 0.15) is 56.3 Å². The van der Waals surface area contributed by atoms with Gasteiger partial charge in [-0.15, -0.1) is 0 Å². The Hall–Kier alpha value is -2.37.